The monoisotopic (exact) mass is 416 g/mol. The molecule has 0 spiro atoms. The van der Waals surface area contributed by atoms with E-state index in [2.05, 4.69) is 29.5 Å². The van der Waals surface area contributed by atoms with E-state index in [-0.39, 0.29) is 0 Å². The van der Waals surface area contributed by atoms with E-state index in [0.717, 1.165) is 33.5 Å². The number of hydrogen-bond acceptors (Lipinski definition) is 0. The molecule has 0 aromatic heterocycles. The molecule has 3 rings (SSSR count). The van der Waals surface area contributed by atoms with E-state index in [1.807, 2.05) is 0 Å². The topological polar surface area (TPSA) is 0 Å². The molecule has 3 aliphatic rings. The molecule has 0 bridgehead atoms. The first-order valence-electron chi connectivity index (χ1n) is 10.4. The van der Waals surface area contributed by atoms with Gasteiger partial charge in [0, 0.05) is 3.92 Å². The fraction of sp³-hybridized carbons (Fsp3) is 1.00. The van der Waals surface area contributed by atoms with E-state index in [1.54, 1.807) is 57.8 Å². The lowest BCUT2D eigenvalue weighted by Gasteiger charge is -2.45. The van der Waals surface area contributed by atoms with Crippen LogP contribution >= 0.6 is 22.6 Å². The summed E-state index contributed by atoms with van der Waals surface area (Å²) in [5.41, 5.74) is 0. The van der Waals surface area contributed by atoms with Crippen molar-refractivity contribution >= 4 is 22.6 Å². The van der Waals surface area contributed by atoms with Crippen LogP contribution in [0.15, 0.2) is 0 Å². The van der Waals surface area contributed by atoms with Gasteiger partial charge in [-0.25, -0.2) is 0 Å². The number of alkyl halides is 1. The molecule has 3 fully saturated rings. The van der Waals surface area contributed by atoms with Crippen molar-refractivity contribution in [1.82, 2.24) is 0 Å². The van der Waals surface area contributed by atoms with Crippen LogP contribution in [0.1, 0.15) is 96.8 Å². The molecule has 0 radical (unpaired) electrons. The van der Waals surface area contributed by atoms with Crippen molar-refractivity contribution < 1.29 is 0 Å². The van der Waals surface area contributed by atoms with Crippen molar-refractivity contribution in [3.8, 4) is 0 Å². The summed E-state index contributed by atoms with van der Waals surface area (Å²) in [6, 6.07) is 0. The molecule has 22 heavy (non-hydrogen) atoms. The molecule has 0 heterocycles. The van der Waals surface area contributed by atoms with Crippen molar-refractivity contribution in [2.75, 3.05) is 0 Å². The van der Waals surface area contributed by atoms with Gasteiger partial charge in [0.2, 0.25) is 0 Å². The Bertz CT molecular complexity index is 318. The number of unbranched alkanes of at least 4 members (excludes halogenated alkanes) is 2. The van der Waals surface area contributed by atoms with Crippen LogP contribution in [-0.2, 0) is 0 Å². The maximum atomic E-state index is 2.68. The number of hydrogen-bond donors (Lipinski definition) is 0. The Morgan fingerprint density at radius 2 is 1.27 bits per heavy atom. The second-order valence-corrected chi connectivity index (χ2v) is 10.5. The highest BCUT2D eigenvalue weighted by Gasteiger charge is 2.38. The summed E-state index contributed by atoms with van der Waals surface area (Å²) in [7, 11) is 0. The molecule has 128 valence electrons. The van der Waals surface area contributed by atoms with Gasteiger partial charge in [-0.2, -0.15) is 0 Å². The Morgan fingerprint density at radius 1 is 0.682 bits per heavy atom. The van der Waals surface area contributed by atoms with Crippen molar-refractivity contribution in [2.45, 2.75) is 101 Å². The summed E-state index contributed by atoms with van der Waals surface area (Å²) in [5, 5.41) is 0. The first kappa shape index (κ1) is 17.5. The minimum absolute atomic E-state index is 0.990. The minimum atomic E-state index is 0.990. The summed E-state index contributed by atoms with van der Waals surface area (Å²) in [6.45, 7) is 2.34. The zero-order valence-electron chi connectivity index (χ0n) is 14.7. The average molecular weight is 416 g/mol. The average Bonchev–Trinajstić information content (AvgIpc) is 2.55. The second-order valence-electron chi connectivity index (χ2n) is 8.78. The van der Waals surface area contributed by atoms with Crippen LogP contribution in [0.3, 0.4) is 0 Å². The van der Waals surface area contributed by atoms with Gasteiger partial charge in [-0.15, -0.1) is 0 Å². The fourth-order valence-electron chi connectivity index (χ4n) is 5.95. The third-order valence-electron chi connectivity index (χ3n) is 7.35. The molecular formula is C21H37I. The van der Waals surface area contributed by atoms with Gasteiger partial charge in [0.25, 0.3) is 0 Å². The lowest BCUT2D eigenvalue weighted by Crippen LogP contribution is -2.34. The third kappa shape index (κ3) is 4.63. The summed E-state index contributed by atoms with van der Waals surface area (Å²) in [4.78, 5) is 0. The first-order valence-corrected chi connectivity index (χ1v) is 11.6. The molecule has 0 aliphatic heterocycles. The zero-order chi connectivity index (χ0) is 15.4. The van der Waals surface area contributed by atoms with E-state index < -0.39 is 0 Å². The van der Waals surface area contributed by atoms with Gasteiger partial charge in [0.05, 0.1) is 0 Å². The van der Waals surface area contributed by atoms with Gasteiger partial charge in [0.1, 0.15) is 0 Å². The lowest BCUT2D eigenvalue weighted by molar-refractivity contribution is 0.0638. The molecule has 4 atom stereocenters. The van der Waals surface area contributed by atoms with Gasteiger partial charge in [0.15, 0.2) is 0 Å². The van der Waals surface area contributed by atoms with E-state index in [0.29, 0.717) is 0 Å². The summed E-state index contributed by atoms with van der Waals surface area (Å²) < 4.78 is 0.990. The molecule has 0 N–H and O–H groups in total. The highest BCUT2D eigenvalue weighted by molar-refractivity contribution is 14.1. The van der Waals surface area contributed by atoms with Gasteiger partial charge in [-0.3, -0.25) is 0 Å². The van der Waals surface area contributed by atoms with E-state index in [9.17, 15) is 0 Å². The zero-order valence-corrected chi connectivity index (χ0v) is 16.9. The molecule has 0 saturated heterocycles. The summed E-state index contributed by atoms with van der Waals surface area (Å²) >= 11 is 2.68. The third-order valence-corrected chi connectivity index (χ3v) is 8.59. The number of rotatable bonds is 5. The molecule has 0 amide bonds. The van der Waals surface area contributed by atoms with Gasteiger partial charge in [-0.1, -0.05) is 61.6 Å². The van der Waals surface area contributed by atoms with Crippen molar-refractivity contribution in [1.29, 1.82) is 0 Å². The van der Waals surface area contributed by atoms with Crippen LogP contribution in [-0.4, -0.2) is 3.92 Å². The molecular weight excluding hydrogens is 379 g/mol. The number of halogens is 1. The second kappa shape index (κ2) is 8.72. The highest BCUT2D eigenvalue weighted by atomic mass is 127. The smallest absolute Gasteiger partial charge is 0.0110 e. The standard InChI is InChI=1S/C21H37I/c1-2-3-4-5-16-6-7-20-15-19(9-8-18(20)14-16)17-10-12-21(22)13-11-17/h16-21H,2-15H2,1H3. The Hall–Kier alpha value is 0.730. The molecule has 0 aromatic carbocycles. The van der Waals surface area contributed by atoms with Crippen molar-refractivity contribution in [3.05, 3.63) is 0 Å². The van der Waals surface area contributed by atoms with Crippen LogP contribution < -0.4 is 0 Å². The van der Waals surface area contributed by atoms with Gasteiger partial charge < -0.3 is 0 Å². The SMILES string of the molecule is CCCCCC1CCC2CC(C3CCC(I)CC3)CCC2C1. The molecule has 3 saturated carbocycles. The summed E-state index contributed by atoms with van der Waals surface area (Å²) in [6.07, 6.45) is 21.5. The number of fused-ring (bicyclic) bond motifs is 1. The van der Waals surface area contributed by atoms with Crippen LogP contribution in [0.25, 0.3) is 0 Å². The Balaban J connectivity index is 1.43. The Labute approximate surface area is 152 Å². The van der Waals surface area contributed by atoms with Gasteiger partial charge in [-0.05, 0) is 87.4 Å². The summed E-state index contributed by atoms with van der Waals surface area (Å²) in [5.74, 6) is 5.56. The maximum Gasteiger partial charge on any atom is 0.0110 e. The fourth-order valence-corrected chi connectivity index (χ4v) is 6.67. The Morgan fingerprint density at radius 3 is 2.00 bits per heavy atom. The first-order chi connectivity index (χ1) is 10.8. The van der Waals surface area contributed by atoms with Gasteiger partial charge >= 0.3 is 0 Å². The molecule has 1 heteroatoms. The molecule has 4 unspecified atom stereocenters. The van der Waals surface area contributed by atoms with Crippen molar-refractivity contribution in [3.63, 3.8) is 0 Å². The highest BCUT2D eigenvalue weighted by Crippen LogP contribution is 2.49. The van der Waals surface area contributed by atoms with Crippen LogP contribution in [0.5, 0.6) is 0 Å². The van der Waals surface area contributed by atoms with Crippen LogP contribution in [0.4, 0.5) is 0 Å². The predicted molar refractivity (Wildman–Crippen MR) is 106 cm³/mol. The molecule has 3 aliphatic carbocycles. The minimum Gasteiger partial charge on any atom is -0.0826 e. The maximum absolute atomic E-state index is 2.68. The quantitative estimate of drug-likeness (QED) is 0.249. The van der Waals surface area contributed by atoms with E-state index in [4.69, 9.17) is 0 Å². The Kier molecular flexibility index (Phi) is 6.95. The van der Waals surface area contributed by atoms with Crippen LogP contribution in [0.2, 0.25) is 0 Å². The van der Waals surface area contributed by atoms with Crippen molar-refractivity contribution in [2.24, 2.45) is 29.6 Å². The largest absolute Gasteiger partial charge is 0.0826 e. The van der Waals surface area contributed by atoms with E-state index in [1.165, 1.54) is 32.1 Å². The molecule has 0 aromatic rings. The van der Waals surface area contributed by atoms with Crippen LogP contribution in [0, 0.1) is 29.6 Å². The molecule has 0 nitrogen and oxygen atoms in total. The lowest BCUT2D eigenvalue weighted by atomic mass is 9.61. The predicted octanol–water partition coefficient (Wildman–Crippen LogP) is 7.39. The van der Waals surface area contributed by atoms with E-state index >= 15 is 0 Å². The normalized spacial score (nSPS) is 42.8.